The predicted molar refractivity (Wildman–Crippen MR) is 89.5 cm³/mol. The fourth-order valence-corrected chi connectivity index (χ4v) is 3.19. The number of furan rings is 1. The minimum absolute atomic E-state index is 0.00414. The number of anilines is 1. The number of fused-ring (bicyclic) bond motifs is 1. The van der Waals surface area contributed by atoms with Crippen molar-refractivity contribution < 1.29 is 9.21 Å². The maximum Gasteiger partial charge on any atom is 0.231 e. The van der Waals surface area contributed by atoms with E-state index < -0.39 is 0 Å². The number of hydrogen-bond donors (Lipinski definition) is 1. The molecule has 0 spiro atoms. The Hall–Kier alpha value is -2.11. The standard InChI is InChI=1S/C17H24N4O2/c1-10(2)20-16(22)13-6-5-7-21(8-13)15-14-11(3)12(4)23-17(14)19-9-18-15/h9-10,13H,5-8H2,1-4H3,(H,20,22)/t13-/m0/s1. The van der Waals surface area contributed by atoms with Crippen molar-refractivity contribution in [2.75, 3.05) is 18.0 Å². The molecule has 3 rings (SSSR count). The molecule has 0 radical (unpaired) electrons. The first-order valence-corrected chi connectivity index (χ1v) is 8.23. The number of amides is 1. The van der Waals surface area contributed by atoms with Crippen LogP contribution in [0, 0.1) is 19.8 Å². The summed E-state index contributed by atoms with van der Waals surface area (Å²) in [5.41, 5.74) is 1.70. The maximum absolute atomic E-state index is 12.3. The van der Waals surface area contributed by atoms with Gasteiger partial charge in [0.25, 0.3) is 0 Å². The van der Waals surface area contributed by atoms with E-state index in [2.05, 4.69) is 20.2 Å². The van der Waals surface area contributed by atoms with Crippen LogP contribution < -0.4 is 10.2 Å². The molecule has 1 saturated heterocycles. The van der Waals surface area contributed by atoms with Gasteiger partial charge in [-0.3, -0.25) is 4.79 Å². The summed E-state index contributed by atoms with van der Waals surface area (Å²) in [7, 11) is 0. The Balaban J connectivity index is 1.88. The van der Waals surface area contributed by atoms with E-state index in [4.69, 9.17) is 4.42 Å². The molecule has 2 aromatic heterocycles. The number of carbonyl (C=O) groups is 1. The van der Waals surface area contributed by atoms with Gasteiger partial charge in [0.1, 0.15) is 17.9 Å². The third kappa shape index (κ3) is 3.02. The second-order valence-corrected chi connectivity index (χ2v) is 6.61. The summed E-state index contributed by atoms with van der Waals surface area (Å²) in [4.78, 5) is 23.2. The molecule has 6 heteroatoms. The summed E-state index contributed by atoms with van der Waals surface area (Å²) in [6.07, 6.45) is 3.45. The summed E-state index contributed by atoms with van der Waals surface area (Å²) in [6, 6.07) is 0.169. The summed E-state index contributed by atoms with van der Waals surface area (Å²) in [5.74, 6) is 1.89. The van der Waals surface area contributed by atoms with Crippen molar-refractivity contribution in [2.45, 2.75) is 46.6 Å². The first-order chi connectivity index (χ1) is 11.0. The molecule has 0 saturated carbocycles. The molecule has 23 heavy (non-hydrogen) atoms. The number of hydrogen-bond acceptors (Lipinski definition) is 5. The van der Waals surface area contributed by atoms with E-state index >= 15 is 0 Å². The van der Waals surface area contributed by atoms with Crippen molar-refractivity contribution in [3.05, 3.63) is 17.7 Å². The van der Waals surface area contributed by atoms with Crippen LogP contribution >= 0.6 is 0 Å². The monoisotopic (exact) mass is 316 g/mol. The van der Waals surface area contributed by atoms with Crippen LogP contribution in [0.2, 0.25) is 0 Å². The molecule has 1 amide bonds. The van der Waals surface area contributed by atoms with Crippen LogP contribution in [0.5, 0.6) is 0 Å². The van der Waals surface area contributed by atoms with Gasteiger partial charge in [-0.1, -0.05) is 0 Å². The largest absolute Gasteiger partial charge is 0.443 e. The van der Waals surface area contributed by atoms with Crippen LogP contribution in [0.25, 0.3) is 11.1 Å². The molecule has 0 unspecified atom stereocenters. The zero-order chi connectivity index (χ0) is 16.6. The number of nitrogens with zero attached hydrogens (tertiary/aromatic N) is 3. The Kier molecular flexibility index (Phi) is 4.24. The topological polar surface area (TPSA) is 71.3 Å². The summed E-state index contributed by atoms with van der Waals surface area (Å²) >= 11 is 0. The molecule has 1 aliphatic rings. The zero-order valence-electron chi connectivity index (χ0n) is 14.2. The molecule has 1 fully saturated rings. The lowest BCUT2D eigenvalue weighted by Gasteiger charge is -2.33. The third-order valence-corrected chi connectivity index (χ3v) is 4.47. The SMILES string of the molecule is Cc1oc2ncnc(N3CCC[C@H](C(=O)NC(C)C)C3)c2c1C. The van der Waals surface area contributed by atoms with Crippen molar-refractivity contribution in [1.82, 2.24) is 15.3 Å². The Labute approximate surface area is 136 Å². The lowest BCUT2D eigenvalue weighted by molar-refractivity contribution is -0.125. The van der Waals surface area contributed by atoms with E-state index in [-0.39, 0.29) is 17.9 Å². The van der Waals surface area contributed by atoms with Crippen molar-refractivity contribution >= 4 is 22.8 Å². The highest BCUT2D eigenvalue weighted by atomic mass is 16.3. The quantitative estimate of drug-likeness (QED) is 0.942. The number of aryl methyl sites for hydroxylation is 2. The van der Waals surface area contributed by atoms with Gasteiger partial charge in [0, 0.05) is 24.7 Å². The highest BCUT2D eigenvalue weighted by Gasteiger charge is 2.28. The smallest absolute Gasteiger partial charge is 0.231 e. The van der Waals surface area contributed by atoms with E-state index in [0.29, 0.717) is 12.3 Å². The van der Waals surface area contributed by atoms with Crippen LogP contribution in [-0.4, -0.2) is 35.0 Å². The average molecular weight is 316 g/mol. The van der Waals surface area contributed by atoms with E-state index in [9.17, 15) is 4.79 Å². The normalized spacial score (nSPS) is 18.7. The van der Waals surface area contributed by atoms with Gasteiger partial charge in [0.2, 0.25) is 11.6 Å². The molecule has 1 atom stereocenters. The number of aromatic nitrogens is 2. The lowest BCUT2D eigenvalue weighted by Crippen LogP contribution is -2.45. The predicted octanol–water partition coefficient (Wildman–Crippen LogP) is 2.58. The van der Waals surface area contributed by atoms with Gasteiger partial charge in [-0.25, -0.2) is 9.97 Å². The van der Waals surface area contributed by atoms with Crippen molar-refractivity contribution in [3.63, 3.8) is 0 Å². The molecule has 0 aliphatic carbocycles. The van der Waals surface area contributed by atoms with Gasteiger partial charge in [-0.2, -0.15) is 0 Å². The van der Waals surface area contributed by atoms with Crippen molar-refractivity contribution in [1.29, 1.82) is 0 Å². The minimum atomic E-state index is 0.00414. The average Bonchev–Trinajstić information content (AvgIpc) is 2.82. The molecule has 0 bridgehead atoms. The van der Waals surface area contributed by atoms with E-state index in [0.717, 1.165) is 41.9 Å². The van der Waals surface area contributed by atoms with Crippen molar-refractivity contribution in [3.8, 4) is 0 Å². The third-order valence-electron chi connectivity index (χ3n) is 4.47. The first-order valence-electron chi connectivity index (χ1n) is 8.23. The summed E-state index contributed by atoms with van der Waals surface area (Å²) < 4.78 is 5.70. The van der Waals surface area contributed by atoms with Crippen LogP contribution in [0.1, 0.15) is 38.0 Å². The van der Waals surface area contributed by atoms with E-state index in [1.165, 1.54) is 6.33 Å². The molecular formula is C17H24N4O2. The Bertz CT molecular complexity index is 723. The highest BCUT2D eigenvalue weighted by molar-refractivity contribution is 5.90. The fraction of sp³-hybridized carbons (Fsp3) is 0.588. The van der Waals surface area contributed by atoms with Crippen LogP contribution in [0.15, 0.2) is 10.7 Å². The van der Waals surface area contributed by atoms with E-state index in [1.54, 1.807) is 0 Å². The number of carbonyl (C=O) groups excluding carboxylic acids is 1. The fourth-order valence-electron chi connectivity index (χ4n) is 3.19. The van der Waals surface area contributed by atoms with Gasteiger partial charge in [0.05, 0.1) is 11.3 Å². The maximum atomic E-state index is 12.3. The summed E-state index contributed by atoms with van der Waals surface area (Å²) in [5, 5.41) is 3.99. The second kappa shape index (κ2) is 6.18. The Morgan fingerprint density at radius 3 is 2.91 bits per heavy atom. The van der Waals surface area contributed by atoms with Crippen molar-refractivity contribution in [2.24, 2.45) is 5.92 Å². The van der Waals surface area contributed by atoms with Crippen LogP contribution in [0.3, 0.4) is 0 Å². The molecule has 6 nitrogen and oxygen atoms in total. The lowest BCUT2D eigenvalue weighted by atomic mass is 9.96. The van der Waals surface area contributed by atoms with Gasteiger partial charge < -0.3 is 14.6 Å². The highest BCUT2D eigenvalue weighted by Crippen LogP contribution is 2.32. The van der Waals surface area contributed by atoms with Gasteiger partial charge in [-0.05, 0) is 40.5 Å². The molecule has 0 aromatic carbocycles. The number of nitrogens with one attached hydrogen (secondary N) is 1. The van der Waals surface area contributed by atoms with Crippen LogP contribution in [0.4, 0.5) is 5.82 Å². The van der Waals surface area contributed by atoms with E-state index in [1.807, 2.05) is 27.7 Å². The molecule has 1 N–H and O–H groups in total. The molecule has 124 valence electrons. The molecule has 3 heterocycles. The molecular weight excluding hydrogens is 292 g/mol. The Morgan fingerprint density at radius 1 is 1.39 bits per heavy atom. The van der Waals surface area contributed by atoms with Crippen LogP contribution in [-0.2, 0) is 4.79 Å². The van der Waals surface area contributed by atoms with Gasteiger partial charge >= 0.3 is 0 Å². The second-order valence-electron chi connectivity index (χ2n) is 6.61. The number of rotatable bonds is 3. The van der Waals surface area contributed by atoms with Gasteiger partial charge in [-0.15, -0.1) is 0 Å². The van der Waals surface area contributed by atoms with Gasteiger partial charge in [0.15, 0.2) is 0 Å². The first kappa shape index (κ1) is 15.8. The zero-order valence-corrected chi connectivity index (χ0v) is 14.2. The molecule has 1 aliphatic heterocycles. The number of piperidine rings is 1. The molecule has 2 aromatic rings. The Morgan fingerprint density at radius 2 is 2.17 bits per heavy atom. The summed E-state index contributed by atoms with van der Waals surface area (Å²) in [6.45, 7) is 9.54. The minimum Gasteiger partial charge on any atom is -0.443 e.